The van der Waals surface area contributed by atoms with Gasteiger partial charge < -0.3 is 10.4 Å². The first-order valence-corrected chi connectivity index (χ1v) is 4.56. The highest BCUT2D eigenvalue weighted by Gasteiger charge is 2.46. The molecular formula is C6H10N2O2S. The maximum Gasteiger partial charge on any atom is 0.321 e. The number of rotatable bonds is 1. The van der Waals surface area contributed by atoms with Gasteiger partial charge in [-0.05, 0) is 0 Å². The van der Waals surface area contributed by atoms with Gasteiger partial charge in [0.1, 0.15) is 6.04 Å². The number of aliphatic carboxylic acids is 1. The molecule has 0 aromatic rings. The van der Waals surface area contributed by atoms with E-state index in [1.807, 2.05) is 0 Å². The van der Waals surface area contributed by atoms with E-state index in [2.05, 4.69) is 10.6 Å². The van der Waals surface area contributed by atoms with E-state index < -0.39 is 5.97 Å². The lowest BCUT2D eigenvalue weighted by molar-refractivity contribution is -0.139. The molecule has 2 heterocycles. The number of thioether (sulfide) groups is 1. The molecule has 2 saturated heterocycles. The number of carboxylic acids is 1. The minimum Gasteiger partial charge on any atom is -0.480 e. The monoisotopic (exact) mass is 174 g/mol. The summed E-state index contributed by atoms with van der Waals surface area (Å²) in [6.45, 7) is 1.78. The minimum atomic E-state index is -0.735. The Morgan fingerprint density at radius 1 is 1.64 bits per heavy atom. The molecule has 0 aliphatic carbocycles. The van der Waals surface area contributed by atoms with Crippen LogP contribution < -0.4 is 10.6 Å². The van der Waals surface area contributed by atoms with Gasteiger partial charge in [0.05, 0.1) is 4.87 Å². The zero-order valence-corrected chi connectivity index (χ0v) is 6.78. The van der Waals surface area contributed by atoms with Crippen molar-refractivity contribution < 1.29 is 9.90 Å². The predicted molar refractivity (Wildman–Crippen MR) is 42.6 cm³/mol. The van der Waals surface area contributed by atoms with E-state index in [1.54, 1.807) is 11.8 Å². The normalized spacial score (nSPS) is 33.6. The second-order valence-electron chi connectivity index (χ2n) is 2.94. The Bertz CT molecular complexity index is 193. The third kappa shape index (κ3) is 1.13. The van der Waals surface area contributed by atoms with Crippen LogP contribution in [0, 0.1) is 0 Å². The maximum atomic E-state index is 10.5. The lowest BCUT2D eigenvalue weighted by Crippen LogP contribution is -2.64. The van der Waals surface area contributed by atoms with Crippen molar-refractivity contribution in [3.63, 3.8) is 0 Å². The van der Waals surface area contributed by atoms with E-state index in [-0.39, 0.29) is 10.9 Å². The molecule has 0 amide bonds. The molecule has 3 N–H and O–H groups in total. The standard InChI is InChI=1S/C6H10N2O2S/c9-5(10)4-1-11-6(8-4)2-7-3-6/h4,7-8H,1-3H2,(H,9,10)/t4-/m0/s1. The van der Waals surface area contributed by atoms with Crippen molar-refractivity contribution >= 4 is 17.7 Å². The summed E-state index contributed by atoms with van der Waals surface area (Å²) in [7, 11) is 0. The Hall–Kier alpha value is -0.260. The first-order chi connectivity index (χ1) is 5.22. The molecule has 62 valence electrons. The Kier molecular flexibility index (Phi) is 1.59. The van der Waals surface area contributed by atoms with Gasteiger partial charge in [-0.1, -0.05) is 0 Å². The van der Waals surface area contributed by atoms with E-state index in [4.69, 9.17) is 5.11 Å². The van der Waals surface area contributed by atoms with Crippen LogP contribution in [0.2, 0.25) is 0 Å². The first kappa shape index (κ1) is 7.39. The van der Waals surface area contributed by atoms with Crippen LogP contribution in [0.3, 0.4) is 0 Å². The van der Waals surface area contributed by atoms with Crippen molar-refractivity contribution in [1.29, 1.82) is 0 Å². The highest BCUT2D eigenvalue weighted by atomic mass is 32.2. The smallest absolute Gasteiger partial charge is 0.321 e. The van der Waals surface area contributed by atoms with Crippen LogP contribution in [-0.2, 0) is 4.79 Å². The number of hydrogen-bond acceptors (Lipinski definition) is 4. The summed E-state index contributed by atoms with van der Waals surface area (Å²) in [6.07, 6.45) is 0. The summed E-state index contributed by atoms with van der Waals surface area (Å²) in [5.41, 5.74) is 0. The van der Waals surface area contributed by atoms with Crippen molar-refractivity contribution in [2.75, 3.05) is 18.8 Å². The highest BCUT2D eigenvalue weighted by Crippen LogP contribution is 2.33. The molecule has 4 nitrogen and oxygen atoms in total. The fourth-order valence-corrected chi connectivity index (χ4v) is 2.68. The van der Waals surface area contributed by atoms with Crippen LogP contribution in [-0.4, -0.2) is 40.8 Å². The van der Waals surface area contributed by atoms with Gasteiger partial charge in [0.25, 0.3) is 0 Å². The fraction of sp³-hybridized carbons (Fsp3) is 0.833. The summed E-state index contributed by atoms with van der Waals surface area (Å²) in [4.78, 5) is 10.6. The molecule has 0 saturated carbocycles. The van der Waals surface area contributed by atoms with Gasteiger partial charge in [-0.2, -0.15) is 0 Å². The summed E-state index contributed by atoms with van der Waals surface area (Å²) in [6, 6.07) is -0.345. The second-order valence-corrected chi connectivity index (χ2v) is 4.35. The quantitative estimate of drug-likeness (QED) is 0.480. The number of hydrogen-bond donors (Lipinski definition) is 3. The van der Waals surface area contributed by atoms with Gasteiger partial charge >= 0.3 is 5.97 Å². The second kappa shape index (κ2) is 2.36. The molecule has 2 aliphatic heterocycles. The van der Waals surface area contributed by atoms with Crippen LogP contribution in [0.1, 0.15) is 0 Å². The van der Waals surface area contributed by atoms with Crippen molar-refractivity contribution in [2.45, 2.75) is 10.9 Å². The molecule has 0 unspecified atom stereocenters. The van der Waals surface area contributed by atoms with E-state index >= 15 is 0 Å². The zero-order valence-electron chi connectivity index (χ0n) is 5.96. The molecule has 1 spiro atoms. The lowest BCUT2D eigenvalue weighted by Gasteiger charge is -2.38. The summed E-state index contributed by atoms with van der Waals surface area (Å²) in [5.74, 6) is -0.0434. The van der Waals surface area contributed by atoms with Gasteiger partial charge in [0.15, 0.2) is 0 Å². The van der Waals surface area contributed by atoms with Crippen LogP contribution >= 0.6 is 11.8 Å². The zero-order chi connectivity index (χ0) is 7.90. The Morgan fingerprint density at radius 2 is 2.36 bits per heavy atom. The van der Waals surface area contributed by atoms with Crippen LogP contribution in [0.4, 0.5) is 0 Å². The molecule has 5 heteroatoms. The van der Waals surface area contributed by atoms with Crippen LogP contribution in [0.25, 0.3) is 0 Å². The van der Waals surface area contributed by atoms with E-state index in [1.165, 1.54) is 0 Å². The molecule has 2 aliphatic rings. The SMILES string of the molecule is O=C(O)[C@@H]1CSC2(CNC2)N1. The third-order valence-electron chi connectivity index (χ3n) is 2.08. The minimum absolute atomic E-state index is 0.0447. The molecule has 1 atom stereocenters. The summed E-state index contributed by atoms with van der Waals surface area (Å²) >= 11 is 1.71. The van der Waals surface area contributed by atoms with Gasteiger partial charge in [-0.3, -0.25) is 10.1 Å². The number of nitrogens with one attached hydrogen (secondary N) is 2. The van der Waals surface area contributed by atoms with Gasteiger partial charge in [-0.25, -0.2) is 0 Å². The predicted octanol–water partition coefficient (Wildman–Crippen LogP) is -0.924. The van der Waals surface area contributed by atoms with E-state index in [9.17, 15) is 4.79 Å². The summed E-state index contributed by atoms with van der Waals surface area (Å²) < 4.78 is 0. The number of carbonyl (C=O) groups is 1. The lowest BCUT2D eigenvalue weighted by atomic mass is 10.1. The Morgan fingerprint density at radius 3 is 2.64 bits per heavy atom. The highest BCUT2D eigenvalue weighted by molar-refractivity contribution is 8.01. The average Bonchev–Trinajstić information content (AvgIpc) is 2.28. The van der Waals surface area contributed by atoms with E-state index in [0.717, 1.165) is 13.1 Å². The van der Waals surface area contributed by atoms with Crippen molar-refractivity contribution in [2.24, 2.45) is 0 Å². The van der Waals surface area contributed by atoms with Crippen molar-refractivity contribution in [1.82, 2.24) is 10.6 Å². The molecule has 2 fully saturated rings. The molecule has 2 rings (SSSR count). The average molecular weight is 174 g/mol. The first-order valence-electron chi connectivity index (χ1n) is 3.57. The molecule has 11 heavy (non-hydrogen) atoms. The fourth-order valence-electron chi connectivity index (χ4n) is 1.33. The van der Waals surface area contributed by atoms with Crippen LogP contribution in [0.5, 0.6) is 0 Å². The molecule has 0 aromatic heterocycles. The van der Waals surface area contributed by atoms with Gasteiger partial charge in [0, 0.05) is 18.8 Å². The molecule has 0 bridgehead atoms. The largest absolute Gasteiger partial charge is 0.480 e. The summed E-state index contributed by atoms with van der Waals surface area (Å²) in [5, 5.41) is 14.9. The molecule has 0 radical (unpaired) electrons. The molecular weight excluding hydrogens is 164 g/mol. The molecule has 0 aromatic carbocycles. The Balaban J connectivity index is 1.98. The van der Waals surface area contributed by atoms with E-state index in [0.29, 0.717) is 5.75 Å². The van der Waals surface area contributed by atoms with Gasteiger partial charge in [0.2, 0.25) is 0 Å². The van der Waals surface area contributed by atoms with Crippen LogP contribution in [0.15, 0.2) is 0 Å². The number of carboxylic acid groups (broad SMARTS) is 1. The maximum absolute atomic E-state index is 10.5. The third-order valence-corrected chi connectivity index (χ3v) is 3.54. The van der Waals surface area contributed by atoms with Gasteiger partial charge in [-0.15, -0.1) is 11.8 Å². The topological polar surface area (TPSA) is 61.4 Å². The van der Waals surface area contributed by atoms with Crippen molar-refractivity contribution in [3.05, 3.63) is 0 Å². The van der Waals surface area contributed by atoms with Crippen molar-refractivity contribution in [3.8, 4) is 0 Å². The Labute approximate surface area is 68.7 Å².